The normalized spacial score (nSPS) is 12.0. The molecule has 0 saturated heterocycles. The van der Waals surface area contributed by atoms with Gasteiger partial charge in [-0.1, -0.05) is 48.0 Å². The molecule has 3 aromatic rings. The van der Waals surface area contributed by atoms with Crippen LogP contribution < -0.4 is 0 Å². The van der Waals surface area contributed by atoms with Crippen LogP contribution in [-0.2, 0) is 9.84 Å². The topological polar surface area (TPSA) is 77.3 Å². The van der Waals surface area contributed by atoms with Crippen LogP contribution >= 0.6 is 0 Å². The number of hydrogen-bond donors (Lipinski definition) is 0. The molecule has 0 atom stereocenters. The molecule has 0 unspecified atom stereocenters. The Morgan fingerprint density at radius 1 is 0.889 bits per heavy atom. The fourth-order valence-electron chi connectivity index (χ4n) is 2.61. The van der Waals surface area contributed by atoms with Gasteiger partial charge in [0.1, 0.15) is 0 Å². The average molecular weight is 379 g/mol. The summed E-state index contributed by atoms with van der Waals surface area (Å²) >= 11 is 0. The SMILES string of the molecule is Cc1ccc(S(=O)(=O)/C(=C/c2ccccc2)c2ccc([N+](=O)[O-])cc2)cc1. The van der Waals surface area contributed by atoms with Crippen molar-refractivity contribution < 1.29 is 13.3 Å². The number of rotatable bonds is 5. The zero-order valence-electron chi connectivity index (χ0n) is 14.6. The van der Waals surface area contributed by atoms with E-state index in [1.54, 1.807) is 42.5 Å². The number of nitrogens with zero attached hydrogens (tertiary/aromatic N) is 1. The van der Waals surface area contributed by atoms with Gasteiger partial charge in [0, 0.05) is 12.1 Å². The summed E-state index contributed by atoms with van der Waals surface area (Å²) < 4.78 is 26.5. The largest absolute Gasteiger partial charge is 0.269 e. The maximum absolute atomic E-state index is 13.3. The standard InChI is InChI=1S/C21H17NO4S/c1-16-7-13-20(14-8-16)27(25,26)21(15-17-5-3-2-4-6-17)18-9-11-19(12-10-18)22(23)24/h2-15H,1H3/b21-15+. The van der Waals surface area contributed by atoms with Crippen molar-refractivity contribution in [3.63, 3.8) is 0 Å². The van der Waals surface area contributed by atoms with Gasteiger partial charge in [0.25, 0.3) is 5.69 Å². The molecule has 5 nitrogen and oxygen atoms in total. The lowest BCUT2D eigenvalue weighted by atomic mass is 10.1. The third-order valence-corrected chi connectivity index (χ3v) is 5.91. The lowest BCUT2D eigenvalue weighted by Gasteiger charge is -2.11. The second-order valence-electron chi connectivity index (χ2n) is 6.04. The summed E-state index contributed by atoms with van der Waals surface area (Å²) in [5.41, 5.74) is 1.98. The molecule has 0 aliphatic carbocycles. The number of nitro groups is 1. The molecule has 3 rings (SSSR count). The molecule has 0 aliphatic rings. The van der Waals surface area contributed by atoms with Crippen LogP contribution in [0.5, 0.6) is 0 Å². The van der Waals surface area contributed by atoms with Crippen LogP contribution in [0.2, 0.25) is 0 Å². The van der Waals surface area contributed by atoms with Crippen molar-refractivity contribution in [2.75, 3.05) is 0 Å². The molecule has 136 valence electrons. The van der Waals surface area contributed by atoms with Gasteiger partial charge in [0.15, 0.2) is 0 Å². The maximum atomic E-state index is 13.3. The molecule has 0 bridgehead atoms. The van der Waals surface area contributed by atoms with E-state index < -0.39 is 14.8 Å². The zero-order valence-corrected chi connectivity index (χ0v) is 15.4. The first-order chi connectivity index (χ1) is 12.9. The van der Waals surface area contributed by atoms with E-state index >= 15 is 0 Å². The molecule has 0 amide bonds. The lowest BCUT2D eigenvalue weighted by Crippen LogP contribution is -2.04. The summed E-state index contributed by atoms with van der Waals surface area (Å²) in [6.07, 6.45) is 1.58. The summed E-state index contributed by atoms with van der Waals surface area (Å²) in [4.78, 5) is 10.6. The molecule has 0 N–H and O–H groups in total. The maximum Gasteiger partial charge on any atom is 0.269 e. The third kappa shape index (κ3) is 4.12. The molecule has 0 radical (unpaired) electrons. The molecule has 27 heavy (non-hydrogen) atoms. The van der Waals surface area contributed by atoms with Crippen molar-refractivity contribution >= 4 is 26.5 Å². The number of non-ortho nitro benzene ring substituents is 1. The highest BCUT2D eigenvalue weighted by Crippen LogP contribution is 2.31. The summed E-state index contributed by atoms with van der Waals surface area (Å²) in [5.74, 6) is 0. The Hall–Kier alpha value is -3.25. The van der Waals surface area contributed by atoms with E-state index in [-0.39, 0.29) is 15.5 Å². The molecule has 0 aliphatic heterocycles. The number of sulfone groups is 1. The van der Waals surface area contributed by atoms with E-state index in [4.69, 9.17) is 0 Å². The first kappa shape index (κ1) is 18.5. The minimum absolute atomic E-state index is 0.0902. The van der Waals surface area contributed by atoms with E-state index in [9.17, 15) is 18.5 Å². The Balaban J connectivity index is 2.17. The molecule has 0 spiro atoms. The van der Waals surface area contributed by atoms with Crippen molar-refractivity contribution in [1.29, 1.82) is 0 Å². The van der Waals surface area contributed by atoms with E-state index in [1.807, 2.05) is 25.1 Å². The van der Waals surface area contributed by atoms with Gasteiger partial charge in [0.2, 0.25) is 9.84 Å². The molecule has 3 aromatic carbocycles. The Bertz CT molecular complexity index is 1090. The predicted octanol–water partition coefficient (Wildman–Crippen LogP) is 4.88. The monoisotopic (exact) mass is 379 g/mol. The summed E-state index contributed by atoms with van der Waals surface area (Å²) in [6.45, 7) is 1.88. The van der Waals surface area contributed by atoms with Gasteiger partial charge < -0.3 is 0 Å². The van der Waals surface area contributed by atoms with E-state index in [0.29, 0.717) is 5.56 Å². The van der Waals surface area contributed by atoms with Gasteiger partial charge >= 0.3 is 0 Å². The Kier molecular flexibility index (Phi) is 5.19. The third-order valence-electron chi connectivity index (χ3n) is 4.08. The van der Waals surface area contributed by atoms with Crippen LogP contribution in [0, 0.1) is 17.0 Å². The van der Waals surface area contributed by atoms with Gasteiger partial charge in [0.05, 0.1) is 14.7 Å². The fraction of sp³-hybridized carbons (Fsp3) is 0.0476. The average Bonchev–Trinajstić information content (AvgIpc) is 2.67. The molecule has 0 saturated carbocycles. The second-order valence-corrected chi connectivity index (χ2v) is 7.96. The quantitative estimate of drug-likeness (QED) is 0.360. The summed E-state index contributed by atoms with van der Waals surface area (Å²) in [6, 6.07) is 21.2. The molecule has 0 heterocycles. The molecule has 6 heteroatoms. The molecule has 0 aromatic heterocycles. The van der Waals surface area contributed by atoms with Crippen LogP contribution in [0.25, 0.3) is 11.0 Å². The van der Waals surface area contributed by atoms with Crippen molar-refractivity contribution in [3.05, 3.63) is 106 Å². The number of benzene rings is 3. The first-order valence-corrected chi connectivity index (χ1v) is 9.69. The number of nitro benzene ring substituents is 1. The molecular formula is C21H17NO4S. The smallest absolute Gasteiger partial charge is 0.258 e. The van der Waals surface area contributed by atoms with Crippen LogP contribution in [0.15, 0.2) is 83.8 Å². The second kappa shape index (κ2) is 7.55. The predicted molar refractivity (Wildman–Crippen MR) is 106 cm³/mol. The van der Waals surface area contributed by atoms with Crippen LogP contribution in [0.1, 0.15) is 16.7 Å². The first-order valence-electron chi connectivity index (χ1n) is 8.21. The zero-order chi connectivity index (χ0) is 19.4. The lowest BCUT2D eigenvalue weighted by molar-refractivity contribution is -0.384. The highest BCUT2D eigenvalue weighted by atomic mass is 32.2. The summed E-state index contributed by atoms with van der Waals surface area (Å²) in [5, 5.41) is 10.9. The van der Waals surface area contributed by atoms with Crippen molar-refractivity contribution in [1.82, 2.24) is 0 Å². The van der Waals surface area contributed by atoms with Gasteiger partial charge in [-0.25, -0.2) is 8.42 Å². The Morgan fingerprint density at radius 3 is 2.04 bits per heavy atom. The Labute approximate surface area is 157 Å². The fourth-order valence-corrected chi connectivity index (χ4v) is 4.09. The summed E-state index contributed by atoms with van der Waals surface area (Å²) in [7, 11) is -3.81. The minimum Gasteiger partial charge on any atom is -0.258 e. The van der Waals surface area contributed by atoms with Crippen molar-refractivity contribution in [3.8, 4) is 0 Å². The molecule has 0 fully saturated rings. The highest BCUT2D eigenvalue weighted by molar-refractivity contribution is 8.00. The van der Waals surface area contributed by atoms with E-state index in [0.717, 1.165) is 11.1 Å². The minimum atomic E-state index is -3.81. The van der Waals surface area contributed by atoms with Gasteiger partial charge in [-0.2, -0.15) is 0 Å². The Morgan fingerprint density at radius 2 is 1.48 bits per heavy atom. The van der Waals surface area contributed by atoms with Crippen LogP contribution in [0.4, 0.5) is 5.69 Å². The van der Waals surface area contributed by atoms with Crippen molar-refractivity contribution in [2.45, 2.75) is 11.8 Å². The van der Waals surface area contributed by atoms with Gasteiger partial charge in [-0.15, -0.1) is 0 Å². The van der Waals surface area contributed by atoms with E-state index in [2.05, 4.69) is 0 Å². The number of aryl methyl sites for hydroxylation is 1. The van der Waals surface area contributed by atoms with Gasteiger partial charge in [-0.05, 0) is 48.4 Å². The van der Waals surface area contributed by atoms with Crippen LogP contribution in [0.3, 0.4) is 0 Å². The van der Waals surface area contributed by atoms with Gasteiger partial charge in [-0.3, -0.25) is 10.1 Å². The highest BCUT2D eigenvalue weighted by Gasteiger charge is 2.23. The van der Waals surface area contributed by atoms with Crippen LogP contribution in [-0.4, -0.2) is 13.3 Å². The molecular weight excluding hydrogens is 362 g/mol. The van der Waals surface area contributed by atoms with Crippen molar-refractivity contribution in [2.24, 2.45) is 0 Å². The number of hydrogen-bond acceptors (Lipinski definition) is 4. The van der Waals surface area contributed by atoms with E-state index in [1.165, 1.54) is 24.3 Å².